The van der Waals surface area contributed by atoms with Gasteiger partial charge in [-0.2, -0.15) is 0 Å². The summed E-state index contributed by atoms with van der Waals surface area (Å²) >= 11 is 0. The van der Waals surface area contributed by atoms with Crippen molar-refractivity contribution in [3.63, 3.8) is 0 Å². The molecule has 1 aromatic carbocycles. The number of sulfonamides is 1. The van der Waals surface area contributed by atoms with Crippen LogP contribution in [0, 0.1) is 0 Å². The molecule has 0 bridgehead atoms. The fourth-order valence-corrected chi connectivity index (χ4v) is 3.87. The molecule has 8 heteroatoms. The van der Waals surface area contributed by atoms with E-state index in [0.717, 1.165) is 31.7 Å². The number of aliphatic hydroxyl groups excluding tert-OH is 1. The van der Waals surface area contributed by atoms with Crippen molar-refractivity contribution < 1.29 is 23.4 Å². The maximum atomic E-state index is 12.3. The van der Waals surface area contributed by atoms with Gasteiger partial charge < -0.3 is 15.5 Å². The summed E-state index contributed by atoms with van der Waals surface area (Å²) < 4.78 is 27.3. The van der Waals surface area contributed by atoms with Crippen LogP contribution in [0.3, 0.4) is 0 Å². The molecule has 0 amide bonds. The number of carboxylic acid groups (broad SMARTS) is 1. The maximum absolute atomic E-state index is 12.3. The number of carbonyl (C=O) groups is 1. The van der Waals surface area contributed by atoms with E-state index in [1.165, 1.54) is 12.1 Å². The largest absolute Gasteiger partial charge is 0.478 e. The highest BCUT2D eigenvalue weighted by Gasteiger charge is 2.24. The highest BCUT2D eigenvalue weighted by molar-refractivity contribution is 7.89. The van der Waals surface area contributed by atoms with E-state index >= 15 is 0 Å². The number of carboxylic acids is 1. The summed E-state index contributed by atoms with van der Waals surface area (Å²) in [7, 11) is -3.73. The Kier molecular flexibility index (Phi) is 5.38. The van der Waals surface area contributed by atoms with Crippen LogP contribution in [-0.2, 0) is 10.0 Å². The number of nitrogens with one attached hydrogen (secondary N) is 2. The van der Waals surface area contributed by atoms with Gasteiger partial charge in [-0.25, -0.2) is 17.9 Å². The number of anilines is 1. The first-order valence-corrected chi connectivity index (χ1v) is 8.67. The molecular formula is C14H20N2O5S. The monoisotopic (exact) mass is 328 g/mol. The summed E-state index contributed by atoms with van der Waals surface area (Å²) in [4.78, 5) is 11.2. The molecule has 4 N–H and O–H groups in total. The highest BCUT2D eigenvalue weighted by atomic mass is 32.2. The van der Waals surface area contributed by atoms with Crippen molar-refractivity contribution in [1.82, 2.24) is 4.72 Å². The Morgan fingerprint density at radius 2 is 1.95 bits per heavy atom. The van der Waals surface area contributed by atoms with E-state index in [1.807, 2.05) is 0 Å². The molecule has 1 aliphatic rings. The zero-order valence-electron chi connectivity index (χ0n) is 12.1. The van der Waals surface area contributed by atoms with Gasteiger partial charge in [0.1, 0.15) is 0 Å². The van der Waals surface area contributed by atoms with Crippen molar-refractivity contribution in [2.24, 2.45) is 0 Å². The van der Waals surface area contributed by atoms with Crippen molar-refractivity contribution in [3.8, 4) is 0 Å². The van der Waals surface area contributed by atoms with Crippen molar-refractivity contribution in [2.45, 2.75) is 36.6 Å². The van der Waals surface area contributed by atoms with Crippen LogP contribution in [0.15, 0.2) is 23.1 Å². The molecule has 1 fully saturated rings. The standard InChI is InChI=1S/C14H20N2O5S/c17-8-7-15-13-6-5-11(9-12(13)14(18)19)22(20,21)16-10-3-1-2-4-10/h5-6,9-10,15-17H,1-4,7-8H2,(H,18,19). The van der Waals surface area contributed by atoms with Crippen LogP contribution in [-0.4, -0.2) is 43.8 Å². The number of aromatic carboxylic acids is 1. The summed E-state index contributed by atoms with van der Waals surface area (Å²) in [5, 5.41) is 20.8. The topological polar surface area (TPSA) is 116 Å². The number of hydrogen-bond donors (Lipinski definition) is 4. The molecule has 1 aliphatic carbocycles. The molecule has 0 aliphatic heterocycles. The Morgan fingerprint density at radius 1 is 1.27 bits per heavy atom. The van der Waals surface area contributed by atoms with E-state index in [4.69, 9.17) is 5.11 Å². The molecule has 22 heavy (non-hydrogen) atoms. The van der Waals surface area contributed by atoms with Crippen LogP contribution in [0.1, 0.15) is 36.0 Å². The zero-order chi connectivity index (χ0) is 16.2. The molecule has 0 aromatic heterocycles. The molecule has 0 radical (unpaired) electrons. The Hall–Kier alpha value is -1.64. The Bertz CT molecular complexity index is 639. The highest BCUT2D eigenvalue weighted by Crippen LogP contribution is 2.23. The van der Waals surface area contributed by atoms with Crippen LogP contribution in [0.2, 0.25) is 0 Å². The molecule has 0 unspecified atom stereocenters. The normalized spacial score (nSPS) is 15.9. The van der Waals surface area contributed by atoms with Crippen molar-refractivity contribution in [1.29, 1.82) is 0 Å². The van der Waals surface area contributed by atoms with Crippen LogP contribution < -0.4 is 10.0 Å². The van der Waals surface area contributed by atoms with Gasteiger partial charge in [-0.1, -0.05) is 12.8 Å². The lowest BCUT2D eigenvalue weighted by Crippen LogP contribution is -2.32. The first kappa shape index (κ1) is 16.7. The Balaban J connectivity index is 2.26. The lowest BCUT2D eigenvalue weighted by atomic mass is 10.2. The minimum atomic E-state index is -3.73. The summed E-state index contributed by atoms with van der Waals surface area (Å²) in [6.07, 6.45) is 3.61. The second-order valence-electron chi connectivity index (χ2n) is 5.27. The zero-order valence-corrected chi connectivity index (χ0v) is 12.9. The van der Waals surface area contributed by atoms with Gasteiger partial charge >= 0.3 is 5.97 Å². The quantitative estimate of drug-likeness (QED) is 0.594. The maximum Gasteiger partial charge on any atom is 0.337 e. The summed E-state index contributed by atoms with van der Waals surface area (Å²) in [5.41, 5.74) is 0.143. The predicted octanol–water partition coefficient (Wildman–Crippen LogP) is 1.01. The number of hydrogen-bond acceptors (Lipinski definition) is 5. The van der Waals surface area contributed by atoms with E-state index in [9.17, 15) is 18.3 Å². The predicted molar refractivity (Wildman–Crippen MR) is 81.6 cm³/mol. The number of rotatable bonds is 7. The SMILES string of the molecule is O=C(O)c1cc(S(=O)(=O)NC2CCCC2)ccc1NCCO. The van der Waals surface area contributed by atoms with Crippen LogP contribution in [0.5, 0.6) is 0 Å². The van der Waals surface area contributed by atoms with Gasteiger partial charge in [0.15, 0.2) is 0 Å². The average Bonchev–Trinajstić information content (AvgIpc) is 2.96. The van der Waals surface area contributed by atoms with Gasteiger partial charge in [-0.3, -0.25) is 0 Å². The summed E-state index contributed by atoms with van der Waals surface area (Å²) in [6, 6.07) is 3.83. The average molecular weight is 328 g/mol. The first-order chi connectivity index (χ1) is 10.4. The van der Waals surface area contributed by atoms with Crippen molar-refractivity contribution in [3.05, 3.63) is 23.8 Å². The molecule has 0 saturated heterocycles. The van der Waals surface area contributed by atoms with Crippen molar-refractivity contribution >= 4 is 21.7 Å². The third-order valence-electron chi connectivity index (χ3n) is 3.64. The summed E-state index contributed by atoms with van der Waals surface area (Å²) in [6.45, 7) is 0.0368. The van der Waals surface area contributed by atoms with Gasteiger partial charge in [0, 0.05) is 18.3 Å². The minimum absolute atomic E-state index is 0.0636. The fraction of sp³-hybridized carbons (Fsp3) is 0.500. The molecule has 0 atom stereocenters. The van der Waals surface area contributed by atoms with Crippen LogP contribution >= 0.6 is 0 Å². The molecule has 0 heterocycles. The van der Waals surface area contributed by atoms with E-state index in [2.05, 4.69) is 10.0 Å². The second-order valence-corrected chi connectivity index (χ2v) is 6.98. The third-order valence-corrected chi connectivity index (χ3v) is 5.15. The molecule has 1 saturated carbocycles. The van der Waals surface area contributed by atoms with E-state index in [1.54, 1.807) is 0 Å². The van der Waals surface area contributed by atoms with Gasteiger partial charge in [0.05, 0.1) is 17.1 Å². The lowest BCUT2D eigenvalue weighted by molar-refractivity contribution is 0.0697. The lowest BCUT2D eigenvalue weighted by Gasteiger charge is -2.14. The molecular weight excluding hydrogens is 308 g/mol. The first-order valence-electron chi connectivity index (χ1n) is 7.18. The minimum Gasteiger partial charge on any atom is -0.478 e. The fourth-order valence-electron chi connectivity index (χ4n) is 2.54. The van der Waals surface area contributed by atoms with Crippen molar-refractivity contribution in [2.75, 3.05) is 18.5 Å². The second kappa shape index (κ2) is 7.08. The van der Waals surface area contributed by atoms with Gasteiger partial charge in [0.2, 0.25) is 10.0 Å². The van der Waals surface area contributed by atoms with E-state index in [-0.39, 0.29) is 35.3 Å². The Morgan fingerprint density at radius 3 is 2.55 bits per heavy atom. The van der Waals surface area contributed by atoms with E-state index in [0.29, 0.717) is 0 Å². The van der Waals surface area contributed by atoms with Gasteiger partial charge in [-0.05, 0) is 31.0 Å². The third kappa shape index (κ3) is 3.96. The Labute approximate surface area is 129 Å². The molecule has 2 rings (SSSR count). The molecule has 7 nitrogen and oxygen atoms in total. The summed E-state index contributed by atoms with van der Waals surface area (Å²) in [5.74, 6) is -1.22. The van der Waals surface area contributed by atoms with Crippen LogP contribution in [0.25, 0.3) is 0 Å². The smallest absolute Gasteiger partial charge is 0.337 e. The van der Waals surface area contributed by atoms with Gasteiger partial charge in [-0.15, -0.1) is 0 Å². The van der Waals surface area contributed by atoms with Crippen LogP contribution in [0.4, 0.5) is 5.69 Å². The molecule has 1 aromatic rings. The molecule has 122 valence electrons. The number of benzene rings is 1. The van der Waals surface area contributed by atoms with E-state index < -0.39 is 16.0 Å². The number of aliphatic hydroxyl groups is 1. The molecule has 0 spiro atoms. The van der Waals surface area contributed by atoms with Gasteiger partial charge in [0.25, 0.3) is 0 Å².